The third-order valence-electron chi connectivity index (χ3n) is 2.62. The van der Waals surface area contributed by atoms with Crippen molar-refractivity contribution in [2.24, 2.45) is 0 Å². The van der Waals surface area contributed by atoms with Gasteiger partial charge < -0.3 is 15.5 Å². The Labute approximate surface area is 117 Å². The minimum atomic E-state index is -0.190. The van der Waals surface area contributed by atoms with E-state index in [1.54, 1.807) is 11.3 Å². The number of thiophene rings is 1. The number of anilines is 2. The van der Waals surface area contributed by atoms with E-state index < -0.39 is 0 Å². The first kappa shape index (κ1) is 13.4. The number of urea groups is 1. The SMILES string of the molecule is CN(C)c1cccc(NC(=O)NCc2cccs2)c1. The van der Waals surface area contributed by atoms with Gasteiger partial charge in [0.25, 0.3) is 0 Å². The summed E-state index contributed by atoms with van der Waals surface area (Å²) in [6, 6.07) is 11.5. The third kappa shape index (κ3) is 3.99. The van der Waals surface area contributed by atoms with Crippen LogP contribution in [-0.2, 0) is 6.54 Å². The van der Waals surface area contributed by atoms with Gasteiger partial charge in [-0.1, -0.05) is 12.1 Å². The lowest BCUT2D eigenvalue weighted by atomic mass is 10.2. The average molecular weight is 275 g/mol. The van der Waals surface area contributed by atoms with Gasteiger partial charge >= 0.3 is 6.03 Å². The molecule has 0 aliphatic carbocycles. The molecule has 100 valence electrons. The molecule has 0 saturated heterocycles. The smallest absolute Gasteiger partial charge is 0.319 e. The lowest BCUT2D eigenvalue weighted by Gasteiger charge is -2.14. The Balaban J connectivity index is 1.89. The maximum absolute atomic E-state index is 11.8. The summed E-state index contributed by atoms with van der Waals surface area (Å²) < 4.78 is 0. The summed E-state index contributed by atoms with van der Waals surface area (Å²) in [5.74, 6) is 0. The van der Waals surface area contributed by atoms with Crippen LogP contribution in [-0.4, -0.2) is 20.1 Å². The largest absolute Gasteiger partial charge is 0.378 e. The first-order valence-corrected chi connectivity index (χ1v) is 6.88. The molecule has 0 aliphatic rings. The summed E-state index contributed by atoms with van der Waals surface area (Å²) in [5, 5.41) is 7.65. The fraction of sp³-hybridized carbons (Fsp3) is 0.214. The molecule has 0 radical (unpaired) electrons. The molecule has 2 rings (SSSR count). The Morgan fingerprint density at radius 2 is 2.11 bits per heavy atom. The molecule has 5 heteroatoms. The van der Waals surface area contributed by atoms with Crippen molar-refractivity contribution in [3.05, 3.63) is 46.7 Å². The highest BCUT2D eigenvalue weighted by Gasteiger charge is 2.03. The molecule has 0 bridgehead atoms. The standard InChI is InChI=1S/C14H17N3OS/c1-17(2)12-6-3-5-11(9-12)16-14(18)15-10-13-7-4-8-19-13/h3-9H,10H2,1-2H3,(H2,15,16,18). The fourth-order valence-electron chi connectivity index (χ4n) is 1.62. The lowest BCUT2D eigenvalue weighted by molar-refractivity contribution is 0.252. The number of nitrogens with one attached hydrogen (secondary N) is 2. The van der Waals surface area contributed by atoms with Crippen molar-refractivity contribution in [1.82, 2.24) is 5.32 Å². The predicted molar refractivity (Wildman–Crippen MR) is 80.9 cm³/mol. The molecule has 2 aromatic rings. The van der Waals surface area contributed by atoms with Crippen LogP contribution in [0.15, 0.2) is 41.8 Å². The van der Waals surface area contributed by atoms with Gasteiger partial charge in [-0.15, -0.1) is 11.3 Å². The van der Waals surface area contributed by atoms with Gasteiger partial charge in [-0.3, -0.25) is 0 Å². The first-order chi connectivity index (χ1) is 9.15. The molecule has 1 aromatic heterocycles. The van der Waals surface area contributed by atoms with Gasteiger partial charge in [-0.05, 0) is 29.6 Å². The predicted octanol–water partition coefficient (Wildman–Crippen LogP) is 3.14. The van der Waals surface area contributed by atoms with Crippen LogP contribution in [0.4, 0.5) is 16.2 Å². The molecular formula is C14H17N3OS. The monoisotopic (exact) mass is 275 g/mol. The van der Waals surface area contributed by atoms with Crippen LogP contribution in [0.3, 0.4) is 0 Å². The maximum Gasteiger partial charge on any atom is 0.319 e. The Bertz CT molecular complexity index is 537. The Morgan fingerprint density at radius 3 is 2.79 bits per heavy atom. The molecule has 0 spiro atoms. The summed E-state index contributed by atoms with van der Waals surface area (Å²) in [6.07, 6.45) is 0. The van der Waals surface area contributed by atoms with E-state index in [0.29, 0.717) is 6.54 Å². The van der Waals surface area contributed by atoms with Crippen LogP contribution in [0.5, 0.6) is 0 Å². The second-order valence-corrected chi connectivity index (χ2v) is 5.36. The number of amides is 2. The van der Waals surface area contributed by atoms with Gasteiger partial charge in [0.1, 0.15) is 0 Å². The number of carbonyl (C=O) groups excluding carboxylic acids is 1. The maximum atomic E-state index is 11.8. The van der Waals surface area contributed by atoms with E-state index in [4.69, 9.17) is 0 Å². The van der Waals surface area contributed by atoms with E-state index in [1.807, 2.05) is 60.8 Å². The van der Waals surface area contributed by atoms with Crippen molar-refractivity contribution < 1.29 is 4.79 Å². The molecule has 2 N–H and O–H groups in total. The number of nitrogens with zero attached hydrogens (tertiary/aromatic N) is 1. The van der Waals surface area contributed by atoms with Crippen LogP contribution in [0.25, 0.3) is 0 Å². The quantitative estimate of drug-likeness (QED) is 0.900. The van der Waals surface area contributed by atoms with Gasteiger partial charge in [-0.25, -0.2) is 4.79 Å². The highest BCUT2D eigenvalue weighted by molar-refractivity contribution is 7.09. The summed E-state index contributed by atoms with van der Waals surface area (Å²) in [5.41, 5.74) is 1.84. The van der Waals surface area contributed by atoms with Crippen molar-refractivity contribution in [1.29, 1.82) is 0 Å². The van der Waals surface area contributed by atoms with Crippen molar-refractivity contribution >= 4 is 28.7 Å². The number of hydrogen-bond acceptors (Lipinski definition) is 3. The molecule has 1 heterocycles. The van der Waals surface area contributed by atoms with E-state index in [9.17, 15) is 4.79 Å². The van der Waals surface area contributed by atoms with Crippen molar-refractivity contribution in [3.8, 4) is 0 Å². The zero-order valence-corrected chi connectivity index (χ0v) is 11.8. The summed E-state index contributed by atoms with van der Waals surface area (Å²) in [6.45, 7) is 0.552. The minimum absolute atomic E-state index is 0.190. The minimum Gasteiger partial charge on any atom is -0.378 e. The van der Waals surface area contributed by atoms with Gasteiger partial charge in [0.2, 0.25) is 0 Å². The number of benzene rings is 1. The molecule has 0 fully saturated rings. The topological polar surface area (TPSA) is 44.4 Å². The second-order valence-electron chi connectivity index (χ2n) is 4.33. The van der Waals surface area contributed by atoms with Crippen LogP contribution in [0.1, 0.15) is 4.88 Å². The van der Waals surface area contributed by atoms with Crippen molar-refractivity contribution in [2.75, 3.05) is 24.3 Å². The number of hydrogen-bond donors (Lipinski definition) is 2. The molecule has 19 heavy (non-hydrogen) atoms. The molecule has 0 aliphatic heterocycles. The Kier molecular flexibility index (Phi) is 4.41. The normalized spacial score (nSPS) is 10.0. The summed E-state index contributed by atoms with van der Waals surface area (Å²) in [7, 11) is 3.94. The molecule has 1 aromatic carbocycles. The molecule has 0 saturated carbocycles. The van der Waals surface area contributed by atoms with E-state index in [0.717, 1.165) is 16.3 Å². The van der Waals surface area contributed by atoms with Gasteiger partial charge in [-0.2, -0.15) is 0 Å². The highest BCUT2D eigenvalue weighted by Crippen LogP contribution is 2.17. The van der Waals surface area contributed by atoms with Crippen LogP contribution >= 0.6 is 11.3 Å². The second kappa shape index (κ2) is 6.24. The zero-order chi connectivity index (χ0) is 13.7. The van der Waals surface area contributed by atoms with Crippen LogP contribution in [0, 0.1) is 0 Å². The number of carbonyl (C=O) groups is 1. The van der Waals surface area contributed by atoms with Crippen molar-refractivity contribution in [2.45, 2.75) is 6.54 Å². The first-order valence-electron chi connectivity index (χ1n) is 6.00. The van der Waals surface area contributed by atoms with E-state index in [2.05, 4.69) is 10.6 Å². The molecule has 4 nitrogen and oxygen atoms in total. The summed E-state index contributed by atoms with van der Waals surface area (Å²) >= 11 is 1.63. The lowest BCUT2D eigenvalue weighted by Crippen LogP contribution is -2.27. The van der Waals surface area contributed by atoms with Gasteiger partial charge in [0.05, 0.1) is 6.54 Å². The third-order valence-corrected chi connectivity index (χ3v) is 3.50. The number of rotatable bonds is 4. The van der Waals surface area contributed by atoms with E-state index >= 15 is 0 Å². The van der Waals surface area contributed by atoms with Gasteiger partial charge in [0, 0.05) is 30.3 Å². The van der Waals surface area contributed by atoms with Crippen LogP contribution in [0.2, 0.25) is 0 Å². The molecule has 0 unspecified atom stereocenters. The Hall–Kier alpha value is -2.01. The summed E-state index contributed by atoms with van der Waals surface area (Å²) in [4.78, 5) is 14.9. The van der Waals surface area contributed by atoms with Crippen molar-refractivity contribution in [3.63, 3.8) is 0 Å². The highest BCUT2D eigenvalue weighted by atomic mass is 32.1. The van der Waals surface area contributed by atoms with E-state index in [-0.39, 0.29) is 6.03 Å². The zero-order valence-electron chi connectivity index (χ0n) is 11.0. The molecule has 0 atom stereocenters. The average Bonchev–Trinajstić information content (AvgIpc) is 2.90. The molecular weight excluding hydrogens is 258 g/mol. The van der Waals surface area contributed by atoms with Crippen LogP contribution < -0.4 is 15.5 Å². The van der Waals surface area contributed by atoms with E-state index in [1.165, 1.54) is 0 Å². The van der Waals surface area contributed by atoms with Gasteiger partial charge in [0.15, 0.2) is 0 Å². The molecule has 2 amide bonds. The Morgan fingerprint density at radius 1 is 1.26 bits per heavy atom. The fourth-order valence-corrected chi connectivity index (χ4v) is 2.26.